The summed E-state index contributed by atoms with van der Waals surface area (Å²) in [6.45, 7) is 0. The van der Waals surface area contributed by atoms with E-state index in [0.29, 0.717) is 16.2 Å². The van der Waals surface area contributed by atoms with Gasteiger partial charge < -0.3 is 0 Å². The van der Waals surface area contributed by atoms with Crippen LogP contribution >= 0.6 is 27.7 Å². The first-order chi connectivity index (χ1) is 9.79. The van der Waals surface area contributed by atoms with Crippen LogP contribution in [0.5, 0.6) is 0 Å². The number of hydrogen-bond donors (Lipinski definition) is 0. The molecule has 2 heterocycles. The first kappa shape index (κ1) is 15.7. The molecule has 10 heteroatoms. The number of halogens is 4. The van der Waals surface area contributed by atoms with E-state index in [1.165, 1.54) is 24.4 Å². The summed E-state index contributed by atoms with van der Waals surface area (Å²) in [5, 5.41) is 10.8. The minimum Gasteiger partial charge on any atom is -0.258 e. The van der Waals surface area contributed by atoms with E-state index in [4.69, 9.17) is 0 Å². The second-order valence-electron chi connectivity index (χ2n) is 3.68. The van der Waals surface area contributed by atoms with Crippen LogP contribution in [0.25, 0.3) is 0 Å². The van der Waals surface area contributed by atoms with Crippen molar-refractivity contribution in [3.63, 3.8) is 0 Å². The van der Waals surface area contributed by atoms with Crippen molar-refractivity contribution in [2.24, 2.45) is 0 Å². The number of nitro groups is 1. The van der Waals surface area contributed by atoms with Gasteiger partial charge in [-0.1, -0.05) is 11.8 Å². The van der Waals surface area contributed by atoms with Gasteiger partial charge in [-0.25, -0.2) is 4.98 Å². The smallest absolute Gasteiger partial charge is 0.258 e. The van der Waals surface area contributed by atoms with Crippen molar-refractivity contribution in [3.05, 3.63) is 50.9 Å². The maximum atomic E-state index is 12.8. The Hall–Kier alpha value is -1.68. The van der Waals surface area contributed by atoms with E-state index in [-0.39, 0.29) is 15.6 Å². The monoisotopic (exact) mass is 379 g/mol. The van der Waals surface area contributed by atoms with Crippen LogP contribution in [-0.4, -0.2) is 14.9 Å². The third-order valence-corrected chi connectivity index (χ3v) is 3.73. The predicted octanol–water partition coefficient (Wildman–Crippen LogP) is 4.32. The highest BCUT2D eigenvalue weighted by atomic mass is 79.9. The average molecular weight is 380 g/mol. The third kappa shape index (κ3) is 3.70. The van der Waals surface area contributed by atoms with Gasteiger partial charge in [0, 0.05) is 27.8 Å². The molecule has 0 bridgehead atoms. The number of aromatic nitrogens is 2. The van der Waals surface area contributed by atoms with E-state index in [1.807, 2.05) is 0 Å². The highest BCUT2D eigenvalue weighted by Crippen LogP contribution is 2.40. The highest BCUT2D eigenvalue weighted by molar-refractivity contribution is 9.10. The zero-order valence-electron chi connectivity index (χ0n) is 9.96. The van der Waals surface area contributed by atoms with E-state index < -0.39 is 16.8 Å². The van der Waals surface area contributed by atoms with Gasteiger partial charge in [-0.15, -0.1) is 0 Å². The van der Waals surface area contributed by atoms with E-state index in [0.717, 1.165) is 6.20 Å². The van der Waals surface area contributed by atoms with Crippen LogP contribution < -0.4 is 0 Å². The Morgan fingerprint density at radius 2 is 2.05 bits per heavy atom. The summed E-state index contributed by atoms with van der Waals surface area (Å²) in [5.41, 5.74) is -1.49. The molecule has 0 saturated heterocycles. The molecule has 110 valence electrons. The lowest BCUT2D eigenvalue weighted by atomic mass is 10.3. The van der Waals surface area contributed by atoms with Crippen molar-refractivity contribution in [1.82, 2.24) is 9.97 Å². The topological polar surface area (TPSA) is 68.9 Å². The van der Waals surface area contributed by atoms with Gasteiger partial charge in [-0.3, -0.25) is 15.1 Å². The minimum atomic E-state index is -4.65. The second-order valence-corrected chi connectivity index (χ2v) is 5.63. The fourth-order valence-corrected chi connectivity index (χ4v) is 2.70. The summed E-state index contributed by atoms with van der Waals surface area (Å²) in [7, 11) is 0. The fraction of sp³-hybridized carbons (Fsp3) is 0.0909. The molecule has 0 aromatic carbocycles. The molecule has 5 nitrogen and oxygen atoms in total. The number of nitrogens with zero attached hydrogens (tertiary/aromatic N) is 3. The van der Waals surface area contributed by atoms with Gasteiger partial charge in [-0.2, -0.15) is 13.2 Å². The lowest BCUT2D eigenvalue weighted by Crippen LogP contribution is -2.09. The Bertz CT molecular complexity index is 697. The molecule has 2 rings (SSSR count). The molecule has 0 radical (unpaired) electrons. The number of hydrogen-bond acceptors (Lipinski definition) is 5. The maximum Gasteiger partial charge on any atom is 0.434 e. The Balaban J connectivity index is 2.47. The Morgan fingerprint density at radius 3 is 2.67 bits per heavy atom. The van der Waals surface area contributed by atoms with Crippen molar-refractivity contribution in [2.75, 3.05) is 0 Å². The predicted molar refractivity (Wildman–Crippen MR) is 72.0 cm³/mol. The van der Waals surface area contributed by atoms with Crippen LogP contribution in [-0.2, 0) is 6.18 Å². The van der Waals surface area contributed by atoms with Crippen LogP contribution in [0.3, 0.4) is 0 Å². The second kappa shape index (κ2) is 5.98. The van der Waals surface area contributed by atoms with Crippen molar-refractivity contribution >= 4 is 33.4 Å². The summed E-state index contributed by atoms with van der Waals surface area (Å²) in [5.74, 6) is 0. The quantitative estimate of drug-likeness (QED) is 0.586. The molecule has 2 aromatic rings. The van der Waals surface area contributed by atoms with Crippen LogP contribution in [0.15, 0.2) is 45.0 Å². The molecule has 0 aliphatic heterocycles. The normalized spacial score (nSPS) is 11.4. The van der Waals surface area contributed by atoms with Crippen LogP contribution in [0, 0.1) is 10.1 Å². The Kier molecular flexibility index (Phi) is 4.47. The van der Waals surface area contributed by atoms with Crippen LogP contribution in [0.1, 0.15) is 5.69 Å². The summed E-state index contributed by atoms with van der Waals surface area (Å²) in [6, 6.07) is 3.69. The molecule has 0 atom stereocenters. The minimum absolute atomic E-state index is 0.137. The molecule has 0 aliphatic rings. The number of rotatable bonds is 3. The van der Waals surface area contributed by atoms with Crippen molar-refractivity contribution in [3.8, 4) is 0 Å². The summed E-state index contributed by atoms with van der Waals surface area (Å²) in [4.78, 5) is 17.1. The molecule has 0 aliphatic carbocycles. The molecular weight excluding hydrogens is 375 g/mol. The third-order valence-electron chi connectivity index (χ3n) is 2.24. The molecule has 0 saturated carbocycles. The SMILES string of the molecule is O=[N+]([O-])c1cc(Br)cnc1Sc1cccnc1C(F)(F)F. The summed E-state index contributed by atoms with van der Waals surface area (Å²) >= 11 is 3.58. The van der Waals surface area contributed by atoms with Crippen molar-refractivity contribution < 1.29 is 18.1 Å². The maximum absolute atomic E-state index is 12.8. The van der Waals surface area contributed by atoms with Gasteiger partial charge in [0.15, 0.2) is 10.7 Å². The van der Waals surface area contributed by atoms with Gasteiger partial charge in [0.2, 0.25) is 0 Å². The fourth-order valence-electron chi connectivity index (χ4n) is 1.42. The number of pyridine rings is 2. The zero-order valence-corrected chi connectivity index (χ0v) is 12.4. The highest BCUT2D eigenvalue weighted by Gasteiger charge is 2.36. The van der Waals surface area contributed by atoms with Gasteiger partial charge in [0.1, 0.15) is 0 Å². The van der Waals surface area contributed by atoms with E-state index in [1.54, 1.807) is 0 Å². The standard InChI is InChI=1S/C11H5BrF3N3O2S/c12-6-4-7(18(19)20)10(17-5-6)21-8-2-1-3-16-9(8)11(13,14)15/h1-5H. The lowest BCUT2D eigenvalue weighted by molar-refractivity contribution is -0.388. The zero-order chi connectivity index (χ0) is 15.6. The molecule has 0 spiro atoms. The first-order valence-corrected chi connectivity index (χ1v) is 6.90. The molecule has 0 fully saturated rings. The molecule has 0 amide bonds. The molecule has 0 N–H and O–H groups in total. The van der Waals surface area contributed by atoms with Crippen molar-refractivity contribution in [1.29, 1.82) is 0 Å². The molecule has 21 heavy (non-hydrogen) atoms. The molecule has 2 aromatic heterocycles. The summed E-state index contributed by atoms with van der Waals surface area (Å²) in [6.07, 6.45) is -2.36. The van der Waals surface area contributed by atoms with Crippen molar-refractivity contribution in [2.45, 2.75) is 16.1 Å². The van der Waals surface area contributed by atoms with E-state index in [9.17, 15) is 23.3 Å². The van der Waals surface area contributed by atoms with Gasteiger partial charge >= 0.3 is 11.9 Å². The van der Waals surface area contributed by atoms with Gasteiger partial charge in [0.25, 0.3) is 0 Å². The molecule has 0 unspecified atom stereocenters. The largest absolute Gasteiger partial charge is 0.434 e. The van der Waals surface area contributed by atoms with Gasteiger partial charge in [-0.05, 0) is 28.1 Å². The summed E-state index contributed by atoms with van der Waals surface area (Å²) < 4.78 is 38.9. The number of alkyl halides is 3. The van der Waals surface area contributed by atoms with Crippen LogP contribution in [0.4, 0.5) is 18.9 Å². The Morgan fingerprint density at radius 1 is 1.33 bits per heavy atom. The Labute approximate surface area is 128 Å². The first-order valence-electron chi connectivity index (χ1n) is 5.29. The van der Waals surface area contributed by atoms with E-state index in [2.05, 4.69) is 25.9 Å². The molecular formula is C11H5BrF3N3O2S. The van der Waals surface area contributed by atoms with E-state index >= 15 is 0 Å². The van der Waals surface area contributed by atoms with Gasteiger partial charge in [0.05, 0.1) is 4.92 Å². The average Bonchev–Trinajstić information content (AvgIpc) is 2.40. The lowest BCUT2D eigenvalue weighted by Gasteiger charge is -2.10. The van der Waals surface area contributed by atoms with Crippen LogP contribution in [0.2, 0.25) is 0 Å².